The number of aromatic nitrogens is 1. The molecule has 0 radical (unpaired) electrons. The van der Waals surface area contributed by atoms with Gasteiger partial charge in [-0.3, -0.25) is 0 Å². The summed E-state index contributed by atoms with van der Waals surface area (Å²) < 4.78 is 2.56. The van der Waals surface area contributed by atoms with Gasteiger partial charge in [0.15, 0.2) is 0 Å². The Bertz CT molecular complexity index is 302. The Morgan fingerprint density at radius 3 is 2.12 bits per heavy atom. The summed E-state index contributed by atoms with van der Waals surface area (Å²) in [6.07, 6.45) is 6.83. The van der Waals surface area contributed by atoms with Crippen LogP contribution in [0, 0.1) is 6.92 Å². The van der Waals surface area contributed by atoms with Gasteiger partial charge in [0.05, 0.1) is 0 Å². The molecule has 1 aromatic heterocycles. The normalized spacial score (nSPS) is 15.6. The van der Waals surface area contributed by atoms with Crippen molar-refractivity contribution >= 4 is 0 Å². The van der Waals surface area contributed by atoms with E-state index >= 15 is 0 Å². The minimum Gasteiger partial charge on any atom is -0.348 e. The quantitative estimate of drug-likeness (QED) is 0.616. The van der Waals surface area contributed by atoms with Crippen LogP contribution in [0.1, 0.15) is 63.1 Å². The molecule has 0 unspecified atom stereocenters. The van der Waals surface area contributed by atoms with Crippen molar-refractivity contribution in [3.8, 4) is 0 Å². The molecule has 2 heterocycles. The molecule has 1 aromatic rings. The maximum Gasteiger partial charge on any atom is 0.0228 e. The average Bonchev–Trinajstić information content (AvgIpc) is 3.04. The van der Waals surface area contributed by atoms with E-state index in [9.17, 15) is 0 Å². The average molecular weight is 221 g/mol. The third-order valence-corrected chi connectivity index (χ3v) is 3.53. The summed E-state index contributed by atoms with van der Waals surface area (Å²) in [4.78, 5) is 0. The second-order valence-electron chi connectivity index (χ2n) is 4.10. The first-order valence-electron chi connectivity index (χ1n) is 7.07. The van der Waals surface area contributed by atoms with Crippen molar-refractivity contribution in [3.63, 3.8) is 0 Å². The standard InChI is InChI=1S/C11H15N.2C2H6/c1-8-9-4-2-5-10(9)11-6-3-7-12(8)11;2*1-2/h2-7H2,1H3;2*1-2H3. The number of hydrogen-bond donors (Lipinski definition) is 0. The Balaban J connectivity index is 0.000000291. The fraction of sp³-hybridized carbons (Fsp3) is 0.733. The van der Waals surface area contributed by atoms with Gasteiger partial charge < -0.3 is 4.57 Å². The highest BCUT2D eigenvalue weighted by atomic mass is 15.0. The van der Waals surface area contributed by atoms with Crippen LogP contribution in [-0.2, 0) is 25.8 Å². The second-order valence-corrected chi connectivity index (χ2v) is 4.10. The lowest BCUT2D eigenvalue weighted by atomic mass is 10.1. The highest BCUT2D eigenvalue weighted by Crippen LogP contribution is 2.34. The van der Waals surface area contributed by atoms with Crippen LogP contribution in [0.4, 0.5) is 0 Å². The van der Waals surface area contributed by atoms with Crippen molar-refractivity contribution in [3.05, 3.63) is 22.5 Å². The third-order valence-electron chi connectivity index (χ3n) is 3.53. The van der Waals surface area contributed by atoms with Gasteiger partial charge in [-0.1, -0.05) is 27.7 Å². The molecule has 1 aliphatic carbocycles. The fourth-order valence-electron chi connectivity index (χ4n) is 2.98. The molecule has 0 saturated heterocycles. The highest BCUT2D eigenvalue weighted by Gasteiger charge is 2.25. The Kier molecular flexibility index (Phi) is 5.11. The maximum absolute atomic E-state index is 2.56. The largest absolute Gasteiger partial charge is 0.348 e. The van der Waals surface area contributed by atoms with Crippen LogP contribution in [0.5, 0.6) is 0 Å². The van der Waals surface area contributed by atoms with E-state index in [-0.39, 0.29) is 0 Å². The molecule has 3 rings (SSSR count). The van der Waals surface area contributed by atoms with Crippen LogP contribution < -0.4 is 0 Å². The van der Waals surface area contributed by atoms with Crippen molar-refractivity contribution in [2.24, 2.45) is 0 Å². The Hall–Kier alpha value is -0.720. The minimum atomic E-state index is 1.29. The van der Waals surface area contributed by atoms with Gasteiger partial charge in [-0.05, 0) is 50.2 Å². The van der Waals surface area contributed by atoms with E-state index in [1.165, 1.54) is 38.6 Å². The van der Waals surface area contributed by atoms with Crippen LogP contribution in [-0.4, -0.2) is 4.57 Å². The summed E-state index contributed by atoms with van der Waals surface area (Å²) in [5.41, 5.74) is 6.68. The van der Waals surface area contributed by atoms with Crippen molar-refractivity contribution in [2.45, 2.75) is 73.3 Å². The lowest BCUT2D eigenvalue weighted by Gasteiger charge is -2.02. The van der Waals surface area contributed by atoms with Gasteiger partial charge >= 0.3 is 0 Å². The molecule has 0 spiro atoms. The molecule has 0 amide bonds. The summed E-state index contributed by atoms with van der Waals surface area (Å²) in [5.74, 6) is 0. The zero-order valence-electron chi connectivity index (χ0n) is 11.7. The van der Waals surface area contributed by atoms with E-state index < -0.39 is 0 Å². The molecule has 0 saturated carbocycles. The van der Waals surface area contributed by atoms with Crippen molar-refractivity contribution in [1.29, 1.82) is 0 Å². The molecule has 0 atom stereocenters. The summed E-state index contributed by atoms with van der Waals surface area (Å²) in [7, 11) is 0. The van der Waals surface area contributed by atoms with Crippen LogP contribution in [0.3, 0.4) is 0 Å². The SMILES string of the molecule is CC.CC.Cc1c2c(c3n1CCC3)CCC2. The molecular weight excluding hydrogens is 194 g/mol. The molecule has 1 aliphatic heterocycles. The predicted octanol–water partition coefficient (Wildman–Crippen LogP) is 4.28. The minimum absolute atomic E-state index is 1.29. The van der Waals surface area contributed by atoms with E-state index in [0.717, 1.165) is 0 Å². The van der Waals surface area contributed by atoms with Gasteiger partial charge in [-0.15, -0.1) is 0 Å². The predicted molar refractivity (Wildman–Crippen MR) is 72.2 cm³/mol. The van der Waals surface area contributed by atoms with E-state index in [0.29, 0.717) is 0 Å². The first kappa shape index (κ1) is 13.3. The highest BCUT2D eigenvalue weighted by molar-refractivity contribution is 5.42. The van der Waals surface area contributed by atoms with Gasteiger partial charge in [0.1, 0.15) is 0 Å². The van der Waals surface area contributed by atoms with Gasteiger partial charge in [0.25, 0.3) is 0 Å². The van der Waals surface area contributed by atoms with E-state index in [4.69, 9.17) is 0 Å². The Morgan fingerprint density at radius 2 is 1.44 bits per heavy atom. The first-order chi connectivity index (χ1) is 7.88. The van der Waals surface area contributed by atoms with Crippen LogP contribution in [0.25, 0.3) is 0 Å². The lowest BCUT2D eigenvalue weighted by molar-refractivity contribution is 0.719. The van der Waals surface area contributed by atoms with Gasteiger partial charge in [0, 0.05) is 17.9 Å². The molecule has 0 aromatic carbocycles. The monoisotopic (exact) mass is 221 g/mol. The number of hydrogen-bond acceptors (Lipinski definition) is 0. The summed E-state index contributed by atoms with van der Waals surface area (Å²) in [6.45, 7) is 11.6. The second kappa shape index (κ2) is 6.12. The molecule has 16 heavy (non-hydrogen) atoms. The maximum atomic E-state index is 2.56. The third kappa shape index (κ3) is 2.05. The van der Waals surface area contributed by atoms with Gasteiger partial charge in [-0.25, -0.2) is 0 Å². The molecule has 0 bridgehead atoms. The van der Waals surface area contributed by atoms with Gasteiger partial charge in [0.2, 0.25) is 0 Å². The summed E-state index contributed by atoms with van der Waals surface area (Å²) in [6, 6.07) is 0. The number of rotatable bonds is 0. The molecule has 0 N–H and O–H groups in total. The van der Waals surface area contributed by atoms with Crippen molar-refractivity contribution in [1.82, 2.24) is 4.57 Å². The van der Waals surface area contributed by atoms with E-state index in [1.54, 1.807) is 22.5 Å². The molecule has 1 nitrogen and oxygen atoms in total. The molecule has 0 fully saturated rings. The fourth-order valence-corrected chi connectivity index (χ4v) is 2.98. The Morgan fingerprint density at radius 1 is 0.812 bits per heavy atom. The smallest absolute Gasteiger partial charge is 0.0228 e. The molecular formula is C15H27N. The Labute approximate surface area is 101 Å². The van der Waals surface area contributed by atoms with Crippen molar-refractivity contribution in [2.75, 3.05) is 0 Å². The zero-order valence-corrected chi connectivity index (χ0v) is 11.7. The van der Waals surface area contributed by atoms with E-state index in [2.05, 4.69) is 11.5 Å². The first-order valence-corrected chi connectivity index (χ1v) is 7.07. The summed E-state index contributed by atoms with van der Waals surface area (Å²) in [5, 5.41) is 0. The van der Waals surface area contributed by atoms with Crippen molar-refractivity contribution < 1.29 is 0 Å². The number of fused-ring (bicyclic) bond motifs is 3. The molecule has 1 heteroatoms. The summed E-state index contributed by atoms with van der Waals surface area (Å²) >= 11 is 0. The molecule has 2 aliphatic rings. The zero-order chi connectivity index (χ0) is 12.1. The van der Waals surface area contributed by atoms with Gasteiger partial charge in [-0.2, -0.15) is 0 Å². The van der Waals surface area contributed by atoms with Crippen LogP contribution >= 0.6 is 0 Å². The van der Waals surface area contributed by atoms with E-state index in [1.807, 2.05) is 27.7 Å². The number of nitrogens with zero attached hydrogens (tertiary/aromatic N) is 1. The van der Waals surface area contributed by atoms with Crippen LogP contribution in [0.2, 0.25) is 0 Å². The van der Waals surface area contributed by atoms with Crippen LogP contribution in [0.15, 0.2) is 0 Å². The lowest BCUT2D eigenvalue weighted by Crippen LogP contribution is -1.96. The topological polar surface area (TPSA) is 4.93 Å². The molecule has 92 valence electrons.